The molecule has 1 amide bonds. The van der Waals surface area contributed by atoms with E-state index in [1.807, 2.05) is 62.4 Å². The van der Waals surface area contributed by atoms with Gasteiger partial charge in [-0.05, 0) is 31.5 Å². The molecule has 0 radical (unpaired) electrons. The summed E-state index contributed by atoms with van der Waals surface area (Å²) in [4.78, 5) is 13.6. The largest absolute Gasteiger partial charge is 0.444 e. The maximum absolute atomic E-state index is 11.9. The number of benzene rings is 2. The Hall–Kier alpha value is -2.00. The van der Waals surface area contributed by atoms with E-state index in [0.717, 1.165) is 16.8 Å². The molecule has 1 saturated heterocycles. The van der Waals surface area contributed by atoms with Crippen molar-refractivity contribution >= 4 is 23.4 Å². The molecule has 2 aromatic carbocycles. The van der Waals surface area contributed by atoms with E-state index in [9.17, 15) is 4.79 Å². The molecule has 1 heterocycles. The molecule has 2 aromatic rings. The number of anilines is 1. The van der Waals surface area contributed by atoms with Crippen molar-refractivity contribution in [3.05, 3.63) is 53.6 Å². The van der Waals surface area contributed by atoms with Gasteiger partial charge in [-0.1, -0.05) is 48.0 Å². The minimum Gasteiger partial charge on any atom is -0.444 e. The van der Waals surface area contributed by atoms with Crippen molar-refractivity contribution in [2.24, 2.45) is 0 Å². The van der Waals surface area contributed by atoms with Crippen molar-refractivity contribution in [3.63, 3.8) is 0 Å². The molecule has 0 N–H and O–H groups in total. The van der Waals surface area contributed by atoms with Gasteiger partial charge < -0.3 is 4.74 Å². The number of carbonyl (C=O) groups excluding carboxylic acids is 1. The molecule has 0 aliphatic carbocycles. The molecule has 2 unspecified atom stereocenters. The maximum atomic E-state index is 11.9. The van der Waals surface area contributed by atoms with Gasteiger partial charge in [0.15, 0.2) is 0 Å². The van der Waals surface area contributed by atoms with Crippen LogP contribution in [0.5, 0.6) is 0 Å². The highest BCUT2D eigenvalue weighted by molar-refractivity contribution is 6.33. The maximum Gasteiger partial charge on any atom is 0.415 e. The second-order valence-electron chi connectivity index (χ2n) is 5.23. The normalized spacial score (nSPS) is 21.5. The minimum atomic E-state index is -0.321. The topological polar surface area (TPSA) is 29.5 Å². The summed E-state index contributed by atoms with van der Waals surface area (Å²) >= 11 is 6.40. The number of amides is 1. The SMILES string of the molecule is CC1OC(=O)N(c2ccc(-c3ccccc3)c(Cl)c2)C1C. The smallest absolute Gasteiger partial charge is 0.415 e. The Morgan fingerprint density at radius 2 is 1.81 bits per heavy atom. The van der Waals surface area contributed by atoms with E-state index in [0.29, 0.717) is 5.02 Å². The van der Waals surface area contributed by atoms with Crippen molar-refractivity contribution in [2.45, 2.75) is 26.0 Å². The number of hydrogen-bond acceptors (Lipinski definition) is 2. The van der Waals surface area contributed by atoms with Gasteiger partial charge in [0.2, 0.25) is 0 Å². The highest BCUT2D eigenvalue weighted by atomic mass is 35.5. The van der Waals surface area contributed by atoms with Crippen LogP contribution in [0.15, 0.2) is 48.5 Å². The van der Waals surface area contributed by atoms with Gasteiger partial charge in [0, 0.05) is 11.3 Å². The van der Waals surface area contributed by atoms with Crippen LogP contribution in [0.4, 0.5) is 10.5 Å². The van der Waals surface area contributed by atoms with Gasteiger partial charge in [-0.3, -0.25) is 4.90 Å². The molecule has 108 valence electrons. The number of rotatable bonds is 2. The number of cyclic esters (lactones) is 1. The summed E-state index contributed by atoms with van der Waals surface area (Å²) in [6.07, 6.45) is -0.441. The van der Waals surface area contributed by atoms with Crippen LogP contribution in [0.2, 0.25) is 5.02 Å². The first-order valence-electron chi connectivity index (χ1n) is 6.93. The van der Waals surface area contributed by atoms with E-state index in [2.05, 4.69) is 0 Å². The zero-order chi connectivity index (χ0) is 15.0. The van der Waals surface area contributed by atoms with E-state index in [-0.39, 0.29) is 18.2 Å². The molecular formula is C17H16ClNO2. The van der Waals surface area contributed by atoms with Gasteiger partial charge in [-0.2, -0.15) is 0 Å². The lowest BCUT2D eigenvalue weighted by atomic mass is 10.0. The number of nitrogens with zero attached hydrogens (tertiary/aromatic N) is 1. The molecule has 1 aliphatic heterocycles. The Kier molecular flexibility index (Phi) is 3.60. The standard InChI is InChI=1S/C17H16ClNO2/c1-11-12(2)21-17(20)19(11)14-8-9-15(16(18)10-14)13-6-4-3-5-7-13/h3-12H,1-2H3. The average Bonchev–Trinajstić information content (AvgIpc) is 2.73. The Labute approximate surface area is 129 Å². The molecule has 1 fully saturated rings. The van der Waals surface area contributed by atoms with Crippen LogP contribution in [0.3, 0.4) is 0 Å². The molecular weight excluding hydrogens is 286 g/mol. The summed E-state index contributed by atoms with van der Waals surface area (Å²) in [7, 11) is 0. The summed E-state index contributed by atoms with van der Waals surface area (Å²) in [6, 6.07) is 15.6. The molecule has 2 atom stereocenters. The fraction of sp³-hybridized carbons (Fsp3) is 0.235. The van der Waals surface area contributed by atoms with Crippen LogP contribution >= 0.6 is 11.6 Å². The van der Waals surface area contributed by atoms with Gasteiger partial charge in [-0.25, -0.2) is 4.79 Å². The Morgan fingerprint density at radius 1 is 1.10 bits per heavy atom. The second kappa shape index (κ2) is 5.41. The van der Waals surface area contributed by atoms with E-state index >= 15 is 0 Å². The van der Waals surface area contributed by atoms with Crippen molar-refractivity contribution in [2.75, 3.05) is 4.90 Å². The van der Waals surface area contributed by atoms with E-state index in [1.54, 1.807) is 4.90 Å². The zero-order valence-corrected chi connectivity index (χ0v) is 12.7. The molecule has 0 spiro atoms. The third-order valence-electron chi connectivity index (χ3n) is 3.89. The first-order chi connectivity index (χ1) is 10.1. The predicted molar refractivity (Wildman–Crippen MR) is 84.8 cm³/mol. The summed E-state index contributed by atoms with van der Waals surface area (Å²) in [5.41, 5.74) is 2.77. The third-order valence-corrected chi connectivity index (χ3v) is 4.20. The highest BCUT2D eigenvalue weighted by Gasteiger charge is 2.37. The van der Waals surface area contributed by atoms with Crippen LogP contribution in [0, 0.1) is 0 Å². The summed E-state index contributed by atoms with van der Waals surface area (Å²) in [5, 5.41) is 0.623. The first kappa shape index (κ1) is 14.0. The lowest BCUT2D eigenvalue weighted by Gasteiger charge is -2.20. The van der Waals surface area contributed by atoms with Gasteiger partial charge in [0.05, 0.1) is 11.1 Å². The van der Waals surface area contributed by atoms with E-state index in [1.165, 1.54) is 0 Å². The fourth-order valence-corrected chi connectivity index (χ4v) is 2.82. The quantitative estimate of drug-likeness (QED) is 0.802. The minimum absolute atomic E-state index is 0.00357. The summed E-state index contributed by atoms with van der Waals surface area (Å²) in [5.74, 6) is 0. The fourth-order valence-electron chi connectivity index (χ4n) is 2.54. The zero-order valence-electron chi connectivity index (χ0n) is 11.9. The van der Waals surface area contributed by atoms with Crippen LogP contribution in [-0.4, -0.2) is 18.2 Å². The van der Waals surface area contributed by atoms with Gasteiger partial charge in [0.1, 0.15) is 6.10 Å². The average molecular weight is 302 g/mol. The van der Waals surface area contributed by atoms with Crippen LogP contribution < -0.4 is 4.90 Å². The summed E-state index contributed by atoms with van der Waals surface area (Å²) in [6.45, 7) is 3.86. The first-order valence-corrected chi connectivity index (χ1v) is 7.30. The predicted octanol–water partition coefficient (Wildman–Crippen LogP) is 4.74. The number of carbonyl (C=O) groups is 1. The molecule has 3 nitrogen and oxygen atoms in total. The Balaban J connectivity index is 1.97. The van der Waals surface area contributed by atoms with Crippen molar-refractivity contribution < 1.29 is 9.53 Å². The molecule has 1 aliphatic rings. The molecule has 4 heteroatoms. The van der Waals surface area contributed by atoms with Crippen molar-refractivity contribution in [3.8, 4) is 11.1 Å². The summed E-state index contributed by atoms with van der Waals surface area (Å²) < 4.78 is 5.24. The molecule has 3 rings (SSSR count). The van der Waals surface area contributed by atoms with Gasteiger partial charge in [0.25, 0.3) is 0 Å². The van der Waals surface area contributed by atoms with E-state index < -0.39 is 0 Å². The molecule has 21 heavy (non-hydrogen) atoms. The van der Waals surface area contributed by atoms with Gasteiger partial charge >= 0.3 is 6.09 Å². The van der Waals surface area contributed by atoms with Gasteiger partial charge in [-0.15, -0.1) is 0 Å². The monoisotopic (exact) mass is 301 g/mol. The Bertz CT molecular complexity index is 672. The molecule has 0 aromatic heterocycles. The number of ether oxygens (including phenoxy) is 1. The highest BCUT2D eigenvalue weighted by Crippen LogP contribution is 2.34. The second-order valence-corrected chi connectivity index (χ2v) is 5.64. The molecule has 0 saturated carbocycles. The number of hydrogen-bond donors (Lipinski definition) is 0. The van der Waals surface area contributed by atoms with E-state index in [4.69, 9.17) is 16.3 Å². The number of halogens is 1. The molecule has 0 bridgehead atoms. The lowest BCUT2D eigenvalue weighted by molar-refractivity contribution is 0.143. The third kappa shape index (κ3) is 2.49. The van der Waals surface area contributed by atoms with Crippen molar-refractivity contribution in [1.82, 2.24) is 0 Å². The van der Waals surface area contributed by atoms with Crippen LogP contribution in [0.25, 0.3) is 11.1 Å². The van der Waals surface area contributed by atoms with Crippen LogP contribution in [-0.2, 0) is 4.74 Å². The van der Waals surface area contributed by atoms with Crippen LogP contribution in [0.1, 0.15) is 13.8 Å². The Morgan fingerprint density at radius 3 is 2.38 bits per heavy atom. The lowest BCUT2D eigenvalue weighted by Crippen LogP contribution is -2.33. The van der Waals surface area contributed by atoms with Crippen molar-refractivity contribution in [1.29, 1.82) is 0 Å².